The zero-order valence-electron chi connectivity index (χ0n) is 7.13. The molecule has 1 aromatic heterocycles. The van der Waals surface area contributed by atoms with E-state index in [1.165, 1.54) is 7.11 Å². The second-order valence-corrected chi connectivity index (χ2v) is 3.48. The van der Waals surface area contributed by atoms with Gasteiger partial charge in [0.1, 0.15) is 3.70 Å². The maximum atomic E-state index is 12.5. The fraction of sp³-hybridized carbons (Fsp3) is 0.250. The number of rotatable bonds is 3. The third-order valence-electron chi connectivity index (χ3n) is 1.57. The topological polar surface area (TPSA) is 39.2 Å². The van der Waals surface area contributed by atoms with E-state index in [-0.39, 0.29) is 17.0 Å². The Bertz CT molecular complexity index is 357. The smallest absolute Gasteiger partial charge is 0.264 e. The number of hydrogen-bond donors (Lipinski definition) is 0. The van der Waals surface area contributed by atoms with Crippen LogP contribution >= 0.6 is 22.6 Å². The van der Waals surface area contributed by atoms with Crippen molar-refractivity contribution in [2.24, 2.45) is 0 Å². The average molecular weight is 313 g/mol. The summed E-state index contributed by atoms with van der Waals surface area (Å²) in [5, 5.41) is 0. The molecular formula is C8H6F2INO2. The second kappa shape index (κ2) is 4.63. The van der Waals surface area contributed by atoms with Crippen LogP contribution in [0.4, 0.5) is 8.78 Å². The summed E-state index contributed by atoms with van der Waals surface area (Å²) in [6.07, 6.45) is -2.38. The van der Waals surface area contributed by atoms with E-state index < -0.39 is 6.43 Å². The Morgan fingerprint density at radius 2 is 2.29 bits per heavy atom. The van der Waals surface area contributed by atoms with Gasteiger partial charge in [0, 0.05) is 5.56 Å². The van der Waals surface area contributed by atoms with Gasteiger partial charge in [-0.3, -0.25) is 4.79 Å². The summed E-state index contributed by atoms with van der Waals surface area (Å²) < 4.78 is 30.0. The minimum atomic E-state index is -2.71. The Kier molecular flexibility index (Phi) is 3.73. The number of methoxy groups -OCH3 is 1. The predicted molar refractivity (Wildman–Crippen MR) is 53.9 cm³/mol. The lowest BCUT2D eigenvalue weighted by Gasteiger charge is -2.08. The fourth-order valence-electron chi connectivity index (χ4n) is 0.974. The highest BCUT2D eigenvalue weighted by Crippen LogP contribution is 2.28. The van der Waals surface area contributed by atoms with E-state index in [2.05, 4.69) is 4.98 Å². The van der Waals surface area contributed by atoms with Gasteiger partial charge in [0.15, 0.2) is 6.29 Å². The number of ether oxygens (including phenoxy) is 1. The molecule has 0 fully saturated rings. The van der Waals surface area contributed by atoms with Gasteiger partial charge in [-0.1, -0.05) is 0 Å². The number of nitrogens with zero attached hydrogens (tertiary/aromatic N) is 1. The number of pyridine rings is 1. The third-order valence-corrected chi connectivity index (χ3v) is 2.12. The Hall–Kier alpha value is -0.790. The zero-order valence-corrected chi connectivity index (χ0v) is 9.29. The van der Waals surface area contributed by atoms with Crippen molar-refractivity contribution in [2.45, 2.75) is 6.43 Å². The number of aldehydes is 1. The molecular weight excluding hydrogens is 307 g/mol. The van der Waals surface area contributed by atoms with Gasteiger partial charge in [-0.05, 0) is 28.7 Å². The van der Waals surface area contributed by atoms with Crippen molar-refractivity contribution in [2.75, 3.05) is 7.11 Å². The number of aromatic nitrogens is 1. The predicted octanol–water partition coefficient (Wildman–Crippen LogP) is 2.44. The van der Waals surface area contributed by atoms with E-state index >= 15 is 0 Å². The molecule has 0 N–H and O–H groups in total. The normalized spacial score (nSPS) is 10.4. The first-order chi connectivity index (χ1) is 6.60. The highest BCUT2D eigenvalue weighted by molar-refractivity contribution is 14.1. The molecule has 0 unspecified atom stereocenters. The van der Waals surface area contributed by atoms with Crippen molar-refractivity contribution < 1.29 is 18.3 Å². The Balaban J connectivity index is 3.39. The van der Waals surface area contributed by atoms with Gasteiger partial charge in [0.25, 0.3) is 6.43 Å². The molecule has 0 spiro atoms. The summed E-state index contributed by atoms with van der Waals surface area (Å²) >= 11 is 1.78. The summed E-state index contributed by atoms with van der Waals surface area (Å²) in [6.45, 7) is 0. The van der Waals surface area contributed by atoms with Crippen LogP contribution in [0.25, 0.3) is 0 Å². The van der Waals surface area contributed by atoms with Crippen LogP contribution in [0, 0.1) is 3.70 Å². The van der Waals surface area contributed by atoms with Gasteiger partial charge >= 0.3 is 0 Å². The summed E-state index contributed by atoms with van der Waals surface area (Å²) in [5.41, 5.74) is -0.542. The largest absolute Gasteiger partial charge is 0.480 e. The average Bonchev–Trinajstić information content (AvgIpc) is 2.16. The molecule has 0 aliphatic carbocycles. The molecule has 0 saturated heterocycles. The number of hydrogen-bond acceptors (Lipinski definition) is 3. The molecule has 0 aromatic carbocycles. The van der Waals surface area contributed by atoms with Crippen molar-refractivity contribution in [1.82, 2.24) is 4.98 Å². The van der Waals surface area contributed by atoms with Crippen LogP contribution in [0.2, 0.25) is 0 Å². The van der Waals surface area contributed by atoms with Crippen LogP contribution < -0.4 is 4.74 Å². The summed E-state index contributed by atoms with van der Waals surface area (Å²) in [7, 11) is 1.28. The van der Waals surface area contributed by atoms with Crippen molar-refractivity contribution in [3.05, 3.63) is 20.9 Å². The lowest BCUT2D eigenvalue weighted by molar-refractivity contribution is 0.110. The summed E-state index contributed by atoms with van der Waals surface area (Å²) in [6, 6.07) is 1.16. The molecule has 0 saturated carbocycles. The molecule has 6 heteroatoms. The molecule has 1 rings (SSSR count). The highest BCUT2D eigenvalue weighted by Gasteiger charge is 2.18. The lowest BCUT2D eigenvalue weighted by Crippen LogP contribution is -2.02. The Labute approximate surface area is 92.6 Å². The minimum Gasteiger partial charge on any atom is -0.480 e. The van der Waals surface area contributed by atoms with E-state index in [1.807, 2.05) is 0 Å². The van der Waals surface area contributed by atoms with E-state index in [0.717, 1.165) is 6.07 Å². The monoisotopic (exact) mass is 313 g/mol. The summed E-state index contributed by atoms with van der Waals surface area (Å²) in [5.74, 6) is -0.0674. The zero-order chi connectivity index (χ0) is 10.7. The van der Waals surface area contributed by atoms with Crippen LogP contribution in [0.15, 0.2) is 6.07 Å². The fourth-order valence-corrected chi connectivity index (χ4v) is 1.53. The van der Waals surface area contributed by atoms with Gasteiger partial charge in [0.2, 0.25) is 5.88 Å². The van der Waals surface area contributed by atoms with Gasteiger partial charge in [-0.25, -0.2) is 13.8 Å². The van der Waals surface area contributed by atoms with E-state index in [1.54, 1.807) is 22.6 Å². The van der Waals surface area contributed by atoms with Gasteiger partial charge in [0.05, 0.1) is 12.7 Å². The molecule has 0 radical (unpaired) electrons. The Morgan fingerprint density at radius 3 is 2.71 bits per heavy atom. The van der Waals surface area contributed by atoms with Gasteiger partial charge in [-0.15, -0.1) is 0 Å². The first-order valence-electron chi connectivity index (χ1n) is 3.58. The standard InChI is InChI=1S/C8H6F2INO2/c1-14-8-5(3-13)4(7(9)10)2-6(11)12-8/h2-3,7H,1H3. The molecule has 14 heavy (non-hydrogen) atoms. The molecule has 1 aromatic rings. The molecule has 1 heterocycles. The van der Waals surface area contributed by atoms with E-state index in [4.69, 9.17) is 4.74 Å². The number of alkyl halides is 2. The summed E-state index contributed by atoms with van der Waals surface area (Å²) in [4.78, 5) is 14.4. The first kappa shape index (κ1) is 11.3. The molecule has 0 amide bonds. The molecule has 0 atom stereocenters. The van der Waals surface area contributed by atoms with E-state index in [9.17, 15) is 13.6 Å². The van der Waals surface area contributed by atoms with Crippen LogP contribution in [0.3, 0.4) is 0 Å². The van der Waals surface area contributed by atoms with Crippen LogP contribution in [0.1, 0.15) is 22.3 Å². The maximum absolute atomic E-state index is 12.5. The van der Waals surface area contributed by atoms with Crippen LogP contribution in [-0.4, -0.2) is 18.4 Å². The molecule has 0 aliphatic rings. The van der Waals surface area contributed by atoms with Crippen molar-refractivity contribution in [1.29, 1.82) is 0 Å². The molecule has 0 aliphatic heterocycles. The number of carbonyl (C=O) groups excluding carboxylic acids is 1. The van der Waals surface area contributed by atoms with E-state index in [0.29, 0.717) is 9.99 Å². The van der Waals surface area contributed by atoms with Crippen molar-refractivity contribution >= 4 is 28.9 Å². The third kappa shape index (κ3) is 2.17. The second-order valence-electron chi connectivity index (χ2n) is 2.38. The van der Waals surface area contributed by atoms with Crippen molar-refractivity contribution in [3.63, 3.8) is 0 Å². The maximum Gasteiger partial charge on any atom is 0.264 e. The number of carbonyl (C=O) groups is 1. The minimum absolute atomic E-state index is 0.0674. The quantitative estimate of drug-likeness (QED) is 0.489. The van der Waals surface area contributed by atoms with Crippen LogP contribution in [0.5, 0.6) is 5.88 Å². The number of halogens is 3. The van der Waals surface area contributed by atoms with Gasteiger partial charge < -0.3 is 4.74 Å². The molecule has 3 nitrogen and oxygen atoms in total. The van der Waals surface area contributed by atoms with Crippen LogP contribution in [-0.2, 0) is 0 Å². The van der Waals surface area contributed by atoms with Crippen molar-refractivity contribution in [3.8, 4) is 5.88 Å². The Morgan fingerprint density at radius 1 is 1.64 bits per heavy atom. The lowest BCUT2D eigenvalue weighted by atomic mass is 10.1. The van der Waals surface area contributed by atoms with Gasteiger partial charge in [-0.2, -0.15) is 0 Å². The SMILES string of the molecule is COc1nc(I)cc(C(F)F)c1C=O. The molecule has 0 bridgehead atoms. The molecule has 76 valence electrons. The highest BCUT2D eigenvalue weighted by atomic mass is 127. The first-order valence-corrected chi connectivity index (χ1v) is 4.65.